The van der Waals surface area contributed by atoms with E-state index in [0.717, 1.165) is 19.6 Å². The Bertz CT molecular complexity index is 138. The van der Waals surface area contributed by atoms with Crippen LogP contribution in [0.4, 0.5) is 0 Å². The van der Waals surface area contributed by atoms with Crippen LogP contribution < -0.4 is 0 Å². The van der Waals surface area contributed by atoms with Crippen LogP contribution >= 0.6 is 0 Å². The van der Waals surface area contributed by atoms with Gasteiger partial charge in [0.15, 0.2) is 0 Å². The van der Waals surface area contributed by atoms with Crippen LogP contribution in [0.3, 0.4) is 0 Å². The summed E-state index contributed by atoms with van der Waals surface area (Å²) in [7, 11) is 0. The zero-order valence-electron chi connectivity index (χ0n) is 7.95. The molecule has 0 saturated carbocycles. The summed E-state index contributed by atoms with van der Waals surface area (Å²) >= 11 is 18.7. The summed E-state index contributed by atoms with van der Waals surface area (Å²) in [5.74, 6) is 0. The van der Waals surface area contributed by atoms with Crippen LogP contribution in [0.1, 0.15) is 27.7 Å². The van der Waals surface area contributed by atoms with E-state index in [1.165, 1.54) is 0 Å². The first-order valence-electron chi connectivity index (χ1n) is 3.32. The first-order valence-corrected chi connectivity index (χ1v) is 4.95. The largest absolute Gasteiger partial charge is 0.786 e. The SMILES string of the molecule is C/C([S-])=C(\C)[S-].C/C([S-])=C(\C)[S-].[Ni]. The summed E-state index contributed by atoms with van der Waals surface area (Å²) in [6, 6.07) is 0. The molecule has 0 aliphatic heterocycles. The van der Waals surface area contributed by atoms with Crippen molar-refractivity contribution in [3.8, 4) is 0 Å². The van der Waals surface area contributed by atoms with Crippen molar-refractivity contribution in [1.82, 2.24) is 0 Å². The van der Waals surface area contributed by atoms with E-state index >= 15 is 0 Å². The number of hydrogen-bond donors (Lipinski definition) is 0. The number of allylic oxidation sites excluding steroid dienone is 4. The summed E-state index contributed by atoms with van der Waals surface area (Å²) in [6.07, 6.45) is 0. The molecule has 0 spiro atoms. The van der Waals surface area contributed by atoms with Crippen molar-refractivity contribution in [3.05, 3.63) is 19.6 Å². The monoisotopic (exact) mass is 294 g/mol. The molecule has 0 bridgehead atoms. The van der Waals surface area contributed by atoms with Gasteiger partial charge in [-0.3, -0.25) is 0 Å². The molecule has 13 heavy (non-hydrogen) atoms. The van der Waals surface area contributed by atoms with Crippen LogP contribution in [0.2, 0.25) is 0 Å². The fourth-order valence-corrected chi connectivity index (χ4v) is 0. The Morgan fingerprint density at radius 1 is 0.538 bits per heavy atom. The van der Waals surface area contributed by atoms with Gasteiger partial charge in [-0.05, 0) is 0 Å². The fourth-order valence-electron chi connectivity index (χ4n) is 0. The van der Waals surface area contributed by atoms with E-state index in [1.807, 2.05) is 27.7 Å². The van der Waals surface area contributed by atoms with Crippen molar-refractivity contribution in [2.24, 2.45) is 0 Å². The summed E-state index contributed by atoms with van der Waals surface area (Å²) < 4.78 is 0. The maximum Gasteiger partial charge on any atom is 0 e. The molecule has 0 N–H and O–H groups in total. The van der Waals surface area contributed by atoms with Gasteiger partial charge in [0.25, 0.3) is 0 Å². The van der Waals surface area contributed by atoms with Gasteiger partial charge in [-0.2, -0.15) is 0 Å². The van der Waals surface area contributed by atoms with Gasteiger partial charge in [-0.15, -0.1) is 0 Å². The van der Waals surface area contributed by atoms with Crippen molar-refractivity contribution in [2.45, 2.75) is 27.7 Å². The van der Waals surface area contributed by atoms with Gasteiger partial charge in [0.2, 0.25) is 0 Å². The quantitative estimate of drug-likeness (QED) is 0.497. The smallest absolute Gasteiger partial charge is 0 e. The van der Waals surface area contributed by atoms with E-state index < -0.39 is 0 Å². The van der Waals surface area contributed by atoms with Crippen molar-refractivity contribution < 1.29 is 16.5 Å². The average molecular weight is 295 g/mol. The minimum atomic E-state index is 0. The zero-order chi connectivity index (χ0) is 10.3. The van der Waals surface area contributed by atoms with Gasteiger partial charge in [-0.1, -0.05) is 27.7 Å². The van der Waals surface area contributed by atoms with Crippen molar-refractivity contribution in [3.63, 3.8) is 0 Å². The summed E-state index contributed by atoms with van der Waals surface area (Å²) in [5, 5.41) is 0. The Morgan fingerprint density at radius 3 is 0.615 bits per heavy atom. The zero-order valence-corrected chi connectivity index (χ0v) is 12.2. The molecule has 0 atom stereocenters. The summed E-state index contributed by atoms with van der Waals surface area (Å²) in [4.78, 5) is 3.30. The summed E-state index contributed by atoms with van der Waals surface area (Å²) in [6.45, 7) is 7.32. The third kappa shape index (κ3) is 19.3. The molecule has 0 aliphatic rings. The fraction of sp³-hybridized carbons (Fsp3) is 0.500. The molecule has 0 aromatic rings. The second-order valence-corrected chi connectivity index (χ2v) is 4.67. The topological polar surface area (TPSA) is 0 Å². The van der Waals surface area contributed by atoms with E-state index in [0.29, 0.717) is 0 Å². The molecule has 0 amide bonds. The Labute approximate surface area is 114 Å². The first kappa shape index (κ1) is 19.4. The molecule has 5 heteroatoms. The summed E-state index contributed by atoms with van der Waals surface area (Å²) in [5.41, 5.74) is 0. The molecule has 0 heterocycles. The van der Waals surface area contributed by atoms with E-state index in [9.17, 15) is 0 Å². The standard InChI is InChI=1S/2C4H8S2.Ni/c2*1-3(5)4(2)6;/h2*5-6H,1-2H3;/p-4/b2*4-3-;. The first-order chi connectivity index (χ1) is 5.29. The molecule has 0 nitrogen and oxygen atoms in total. The normalized spacial score (nSPS) is 12.6. The maximum absolute atomic E-state index is 4.68. The molecule has 0 fully saturated rings. The van der Waals surface area contributed by atoms with Crippen LogP contribution in [-0.4, -0.2) is 0 Å². The Morgan fingerprint density at radius 2 is 0.615 bits per heavy atom. The van der Waals surface area contributed by atoms with Crippen LogP contribution in [0, 0.1) is 0 Å². The average Bonchev–Trinajstić information content (AvgIpc) is 1.88. The predicted octanol–water partition coefficient (Wildman–Crippen LogP) is 2.66. The Hall–Kier alpha value is 0.854. The minimum absolute atomic E-state index is 0. The molecular weight excluding hydrogens is 283 g/mol. The third-order valence-corrected chi connectivity index (χ3v) is 2.47. The van der Waals surface area contributed by atoms with Crippen LogP contribution in [0.15, 0.2) is 19.6 Å². The van der Waals surface area contributed by atoms with Gasteiger partial charge >= 0.3 is 0 Å². The predicted molar refractivity (Wildman–Crippen MR) is 66.2 cm³/mol. The Balaban J connectivity index is -0.000000143. The molecule has 0 saturated heterocycles. The van der Waals surface area contributed by atoms with Gasteiger partial charge in [0, 0.05) is 16.5 Å². The number of hydrogen-bond acceptors (Lipinski definition) is 4. The molecule has 82 valence electrons. The molecule has 0 aromatic carbocycles. The van der Waals surface area contributed by atoms with Crippen LogP contribution in [0.5, 0.6) is 0 Å². The van der Waals surface area contributed by atoms with E-state index in [2.05, 4.69) is 50.5 Å². The van der Waals surface area contributed by atoms with Crippen molar-refractivity contribution >= 4 is 50.5 Å². The van der Waals surface area contributed by atoms with Gasteiger partial charge in [0.05, 0.1) is 0 Å². The van der Waals surface area contributed by atoms with E-state index in [1.54, 1.807) is 0 Å². The second-order valence-electron chi connectivity index (χ2n) is 2.22. The maximum atomic E-state index is 4.68. The van der Waals surface area contributed by atoms with Crippen LogP contribution in [0.25, 0.3) is 0 Å². The van der Waals surface area contributed by atoms with Crippen molar-refractivity contribution in [1.29, 1.82) is 0 Å². The minimum Gasteiger partial charge on any atom is -0.786 e. The van der Waals surface area contributed by atoms with E-state index in [-0.39, 0.29) is 16.5 Å². The van der Waals surface area contributed by atoms with Gasteiger partial charge < -0.3 is 50.5 Å². The van der Waals surface area contributed by atoms with Crippen molar-refractivity contribution in [2.75, 3.05) is 0 Å². The molecule has 0 radical (unpaired) electrons. The number of rotatable bonds is 0. The molecule has 0 aliphatic carbocycles. The van der Waals surface area contributed by atoms with Gasteiger partial charge in [-0.25, -0.2) is 19.6 Å². The molecule has 0 rings (SSSR count). The molecular formula is C8H12NiS4-4. The second kappa shape index (κ2) is 10.9. The van der Waals surface area contributed by atoms with Crippen LogP contribution in [-0.2, 0) is 67.0 Å². The van der Waals surface area contributed by atoms with E-state index in [4.69, 9.17) is 0 Å². The Kier molecular flexibility index (Phi) is 16.3. The molecule has 0 aromatic heterocycles. The third-order valence-electron chi connectivity index (χ3n) is 0.992. The molecule has 0 unspecified atom stereocenters. The van der Waals surface area contributed by atoms with Gasteiger partial charge in [0.1, 0.15) is 0 Å².